The lowest BCUT2D eigenvalue weighted by Crippen LogP contribution is -2.29. The Hall–Kier alpha value is -1.14. The van der Waals surface area contributed by atoms with Gasteiger partial charge in [-0.15, -0.1) is 0 Å². The summed E-state index contributed by atoms with van der Waals surface area (Å²) in [5, 5.41) is 17.8. The number of carbonyl (C=O) groups excluding carboxylic acids is 1. The van der Waals surface area contributed by atoms with E-state index in [2.05, 4.69) is 11.8 Å². The van der Waals surface area contributed by atoms with E-state index in [1.54, 1.807) is 0 Å². The van der Waals surface area contributed by atoms with Crippen LogP contribution in [0.5, 0.6) is 0 Å². The molecule has 0 saturated carbocycles. The van der Waals surface area contributed by atoms with Crippen molar-refractivity contribution < 1.29 is 24.5 Å². The van der Waals surface area contributed by atoms with Gasteiger partial charge in [-0.3, -0.25) is 9.59 Å². The standard InChI is InChI=1S/C23H45NO5/c1-2-3-4-5-6-10-13-21-29-23(28)16-14-18-24(19-20-25)17-12-9-7-8-11-15-22(26)27/h25H,2-21H2,1H3,(H,26,27). The van der Waals surface area contributed by atoms with Gasteiger partial charge in [0.1, 0.15) is 0 Å². The molecule has 0 heterocycles. The highest BCUT2D eigenvalue weighted by Gasteiger charge is 2.07. The number of aliphatic hydroxyl groups is 1. The molecule has 172 valence electrons. The summed E-state index contributed by atoms with van der Waals surface area (Å²) < 4.78 is 5.32. The second-order valence-corrected chi connectivity index (χ2v) is 7.92. The van der Waals surface area contributed by atoms with Gasteiger partial charge < -0.3 is 19.8 Å². The van der Waals surface area contributed by atoms with Crippen LogP contribution in [0, 0.1) is 0 Å². The molecule has 29 heavy (non-hydrogen) atoms. The molecule has 0 amide bonds. The van der Waals surface area contributed by atoms with E-state index in [-0.39, 0.29) is 19.0 Å². The minimum Gasteiger partial charge on any atom is -0.481 e. The summed E-state index contributed by atoms with van der Waals surface area (Å²) >= 11 is 0. The zero-order valence-corrected chi connectivity index (χ0v) is 18.7. The zero-order chi connectivity index (χ0) is 21.6. The molecule has 2 N–H and O–H groups in total. The minimum atomic E-state index is -0.722. The molecule has 0 aromatic heterocycles. The summed E-state index contributed by atoms with van der Waals surface area (Å²) in [5.41, 5.74) is 0. The van der Waals surface area contributed by atoms with Crippen molar-refractivity contribution in [2.24, 2.45) is 0 Å². The Morgan fingerprint density at radius 2 is 1.31 bits per heavy atom. The largest absolute Gasteiger partial charge is 0.481 e. The fourth-order valence-electron chi connectivity index (χ4n) is 3.38. The SMILES string of the molecule is CCCCCCCCCOC(=O)CCCN(CCO)CCCCCCCC(=O)O. The highest BCUT2D eigenvalue weighted by atomic mass is 16.5. The van der Waals surface area contributed by atoms with Crippen LogP contribution in [0.15, 0.2) is 0 Å². The van der Waals surface area contributed by atoms with Gasteiger partial charge in [-0.25, -0.2) is 0 Å². The van der Waals surface area contributed by atoms with E-state index in [4.69, 9.17) is 9.84 Å². The van der Waals surface area contributed by atoms with Gasteiger partial charge in [0.2, 0.25) is 0 Å². The number of carboxylic acids is 1. The Morgan fingerprint density at radius 3 is 1.97 bits per heavy atom. The van der Waals surface area contributed by atoms with Crippen molar-refractivity contribution >= 4 is 11.9 Å². The predicted octanol–water partition coefficient (Wildman–Crippen LogP) is 4.78. The van der Waals surface area contributed by atoms with Crippen LogP contribution >= 0.6 is 0 Å². The average Bonchev–Trinajstić information content (AvgIpc) is 2.69. The van der Waals surface area contributed by atoms with Gasteiger partial charge in [-0.2, -0.15) is 0 Å². The number of hydrogen-bond acceptors (Lipinski definition) is 5. The molecule has 6 nitrogen and oxygen atoms in total. The number of rotatable bonds is 22. The molecule has 6 heteroatoms. The van der Waals surface area contributed by atoms with Gasteiger partial charge in [0.05, 0.1) is 13.2 Å². The molecular formula is C23H45NO5. The lowest BCUT2D eigenvalue weighted by molar-refractivity contribution is -0.144. The molecule has 0 bridgehead atoms. The van der Waals surface area contributed by atoms with Crippen molar-refractivity contribution in [2.75, 3.05) is 32.8 Å². The number of unbranched alkanes of at least 4 members (excludes halogenated alkanes) is 10. The Balaban J connectivity index is 3.61. The van der Waals surface area contributed by atoms with Crippen molar-refractivity contribution in [1.29, 1.82) is 0 Å². The van der Waals surface area contributed by atoms with Crippen LogP contribution in [-0.2, 0) is 14.3 Å². The van der Waals surface area contributed by atoms with Crippen LogP contribution in [-0.4, -0.2) is 59.9 Å². The van der Waals surface area contributed by atoms with Gasteiger partial charge >= 0.3 is 11.9 Å². The molecule has 0 aliphatic carbocycles. The molecule has 0 aromatic carbocycles. The molecule has 0 spiro atoms. The number of ether oxygens (including phenoxy) is 1. The van der Waals surface area contributed by atoms with E-state index in [9.17, 15) is 14.7 Å². The van der Waals surface area contributed by atoms with Gasteiger partial charge in [-0.1, -0.05) is 64.7 Å². The molecular weight excluding hydrogens is 370 g/mol. The van der Waals surface area contributed by atoms with Crippen LogP contribution in [0.3, 0.4) is 0 Å². The molecule has 0 fully saturated rings. The van der Waals surface area contributed by atoms with Crippen molar-refractivity contribution in [2.45, 2.75) is 103 Å². The van der Waals surface area contributed by atoms with E-state index >= 15 is 0 Å². The first-order valence-corrected chi connectivity index (χ1v) is 11.8. The number of esters is 1. The highest BCUT2D eigenvalue weighted by Crippen LogP contribution is 2.08. The number of carboxylic acid groups (broad SMARTS) is 1. The maximum atomic E-state index is 11.8. The fourth-order valence-corrected chi connectivity index (χ4v) is 3.38. The van der Waals surface area contributed by atoms with Gasteiger partial charge in [0.25, 0.3) is 0 Å². The molecule has 0 unspecified atom stereocenters. The summed E-state index contributed by atoms with van der Waals surface area (Å²) in [5.74, 6) is -0.835. The maximum absolute atomic E-state index is 11.8. The van der Waals surface area contributed by atoms with Gasteiger partial charge in [0.15, 0.2) is 0 Å². The monoisotopic (exact) mass is 415 g/mol. The van der Waals surface area contributed by atoms with E-state index in [1.807, 2.05) is 0 Å². The molecule has 0 radical (unpaired) electrons. The van der Waals surface area contributed by atoms with E-state index in [1.165, 1.54) is 32.1 Å². The maximum Gasteiger partial charge on any atom is 0.305 e. The summed E-state index contributed by atoms with van der Waals surface area (Å²) in [6, 6.07) is 0. The average molecular weight is 416 g/mol. The van der Waals surface area contributed by atoms with Crippen LogP contribution in [0.1, 0.15) is 103 Å². The summed E-state index contributed by atoms with van der Waals surface area (Å²) in [4.78, 5) is 24.5. The molecule has 0 aliphatic rings. The van der Waals surface area contributed by atoms with Crippen LogP contribution in [0.25, 0.3) is 0 Å². The summed E-state index contributed by atoms with van der Waals surface area (Å²) in [6.45, 7) is 5.22. The predicted molar refractivity (Wildman–Crippen MR) is 117 cm³/mol. The third-order valence-electron chi connectivity index (χ3n) is 5.15. The minimum absolute atomic E-state index is 0.113. The van der Waals surface area contributed by atoms with Gasteiger partial charge in [0, 0.05) is 19.4 Å². The molecule has 0 atom stereocenters. The number of hydrogen-bond donors (Lipinski definition) is 2. The summed E-state index contributed by atoms with van der Waals surface area (Å²) in [7, 11) is 0. The Kier molecular flexibility index (Phi) is 20.7. The van der Waals surface area contributed by atoms with Crippen molar-refractivity contribution in [1.82, 2.24) is 4.90 Å². The van der Waals surface area contributed by atoms with E-state index in [0.717, 1.165) is 64.5 Å². The molecule has 0 saturated heterocycles. The second-order valence-electron chi connectivity index (χ2n) is 7.92. The highest BCUT2D eigenvalue weighted by molar-refractivity contribution is 5.69. The van der Waals surface area contributed by atoms with Crippen molar-refractivity contribution in [3.63, 3.8) is 0 Å². The smallest absolute Gasteiger partial charge is 0.305 e. The topological polar surface area (TPSA) is 87.1 Å². The normalized spacial score (nSPS) is 11.1. The Morgan fingerprint density at radius 1 is 0.724 bits per heavy atom. The number of aliphatic carboxylic acids is 1. The zero-order valence-electron chi connectivity index (χ0n) is 18.7. The van der Waals surface area contributed by atoms with Gasteiger partial charge in [-0.05, 0) is 38.8 Å². The van der Waals surface area contributed by atoms with Crippen LogP contribution in [0.4, 0.5) is 0 Å². The Bertz CT molecular complexity index is 389. The van der Waals surface area contributed by atoms with Crippen molar-refractivity contribution in [3.8, 4) is 0 Å². The number of nitrogens with zero attached hydrogens (tertiary/aromatic N) is 1. The number of aliphatic hydroxyl groups excluding tert-OH is 1. The van der Waals surface area contributed by atoms with E-state index < -0.39 is 5.97 Å². The molecule has 0 rings (SSSR count). The third kappa shape index (κ3) is 21.4. The quantitative estimate of drug-likeness (QED) is 0.195. The van der Waals surface area contributed by atoms with Crippen molar-refractivity contribution in [3.05, 3.63) is 0 Å². The van der Waals surface area contributed by atoms with Crippen LogP contribution in [0.2, 0.25) is 0 Å². The first kappa shape index (κ1) is 27.9. The van der Waals surface area contributed by atoms with Crippen LogP contribution < -0.4 is 0 Å². The summed E-state index contributed by atoms with van der Waals surface area (Å²) in [6.07, 6.45) is 14.8. The van der Waals surface area contributed by atoms with E-state index in [0.29, 0.717) is 19.6 Å². The molecule has 0 aromatic rings. The first-order valence-electron chi connectivity index (χ1n) is 11.8. The Labute approximate surface area is 178 Å². The lowest BCUT2D eigenvalue weighted by Gasteiger charge is -2.21. The second kappa shape index (κ2) is 21.6. The third-order valence-corrected chi connectivity index (χ3v) is 5.15. The fraction of sp³-hybridized carbons (Fsp3) is 0.913. The first-order chi connectivity index (χ1) is 14.1. The molecule has 0 aliphatic heterocycles. The number of carbonyl (C=O) groups is 2. The lowest BCUT2D eigenvalue weighted by atomic mass is 10.1.